The summed E-state index contributed by atoms with van der Waals surface area (Å²) in [7, 11) is -3.62. The summed E-state index contributed by atoms with van der Waals surface area (Å²) in [4.78, 5) is 14.1. The molecule has 2 saturated heterocycles. The van der Waals surface area contributed by atoms with E-state index in [1.54, 1.807) is 18.2 Å². The van der Waals surface area contributed by atoms with Crippen LogP contribution in [-0.4, -0.2) is 75.2 Å². The van der Waals surface area contributed by atoms with Gasteiger partial charge in [0.25, 0.3) is 0 Å². The van der Waals surface area contributed by atoms with Gasteiger partial charge in [-0.2, -0.15) is 9.29 Å². The monoisotopic (exact) mass is 473 g/mol. The quantitative estimate of drug-likeness (QED) is 0.669. The Morgan fingerprint density at radius 1 is 0.788 bits per heavy atom. The molecule has 3 aliphatic heterocycles. The van der Waals surface area contributed by atoms with Gasteiger partial charge in [0, 0.05) is 63.5 Å². The predicted molar refractivity (Wildman–Crippen MR) is 126 cm³/mol. The Labute approximate surface area is 195 Å². The average molecular weight is 474 g/mol. The molecule has 4 heterocycles. The largest absolute Gasteiger partial charge is 0.490 e. The summed E-state index contributed by atoms with van der Waals surface area (Å²) in [6.07, 6.45) is 4.43. The number of nitrogens with zero attached hydrogens (tertiary/aromatic N) is 5. The topological polar surface area (TPSA) is 88.1 Å². The SMILES string of the molecule is Cc1cc(N2CCCCC2)nc(N2CCN(S(=O)(=O)c3ccc4c(c3)OCCCO4)CC2)n1. The van der Waals surface area contributed by atoms with Gasteiger partial charge in [-0.3, -0.25) is 0 Å². The normalized spacial score (nSPS) is 19.9. The fourth-order valence-electron chi connectivity index (χ4n) is 4.54. The molecule has 0 atom stereocenters. The smallest absolute Gasteiger partial charge is 0.243 e. The third kappa shape index (κ3) is 4.72. The maximum atomic E-state index is 13.3. The number of rotatable bonds is 4. The highest BCUT2D eigenvalue weighted by molar-refractivity contribution is 7.89. The number of ether oxygens (including phenoxy) is 2. The fraction of sp³-hybridized carbons (Fsp3) is 0.565. The standard InChI is InChI=1S/C23H31N5O4S/c1-18-16-22(26-8-3-2-4-9-26)25-23(24-18)27-10-12-28(13-11-27)33(29,30)19-6-7-20-21(17-19)32-15-5-14-31-20/h6-7,16-17H,2-5,8-15H2,1H3. The van der Waals surface area contributed by atoms with Crippen LogP contribution >= 0.6 is 0 Å². The van der Waals surface area contributed by atoms with Crippen LogP contribution in [0, 0.1) is 6.92 Å². The summed E-state index contributed by atoms with van der Waals surface area (Å²) < 4.78 is 39.4. The lowest BCUT2D eigenvalue weighted by molar-refractivity contribution is 0.296. The predicted octanol–water partition coefficient (Wildman–Crippen LogP) is 2.45. The molecule has 2 fully saturated rings. The Hall–Kier alpha value is -2.59. The van der Waals surface area contributed by atoms with Crippen LogP contribution in [-0.2, 0) is 10.0 Å². The van der Waals surface area contributed by atoms with Crippen LogP contribution in [0.2, 0.25) is 0 Å². The lowest BCUT2D eigenvalue weighted by atomic mass is 10.1. The summed E-state index contributed by atoms with van der Waals surface area (Å²) >= 11 is 0. The molecule has 0 unspecified atom stereocenters. The van der Waals surface area contributed by atoms with Crippen LogP contribution in [0.1, 0.15) is 31.4 Å². The van der Waals surface area contributed by atoms with Gasteiger partial charge in [-0.15, -0.1) is 0 Å². The molecule has 1 aromatic heterocycles. The number of aryl methyl sites for hydroxylation is 1. The van der Waals surface area contributed by atoms with Gasteiger partial charge in [-0.05, 0) is 38.3 Å². The first-order valence-electron chi connectivity index (χ1n) is 11.8. The highest BCUT2D eigenvalue weighted by Crippen LogP contribution is 2.33. The number of aromatic nitrogens is 2. The van der Waals surface area contributed by atoms with E-state index in [2.05, 4.69) is 14.8 Å². The molecule has 9 nitrogen and oxygen atoms in total. The van der Waals surface area contributed by atoms with E-state index in [9.17, 15) is 8.42 Å². The number of anilines is 2. The average Bonchev–Trinajstić information content (AvgIpc) is 3.09. The third-order valence-corrected chi connectivity index (χ3v) is 8.28. The molecule has 2 aromatic rings. The minimum atomic E-state index is -3.62. The van der Waals surface area contributed by atoms with Gasteiger partial charge in [-0.1, -0.05) is 0 Å². The van der Waals surface area contributed by atoms with Crippen LogP contribution in [0.25, 0.3) is 0 Å². The molecule has 33 heavy (non-hydrogen) atoms. The Bertz CT molecular complexity index is 1100. The Morgan fingerprint density at radius 2 is 1.52 bits per heavy atom. The highest BCUT2D eigenvalue weighted by atomic mass is 32.2. The molecule has 0 radical (unpaired) electrons. The molecule has 0 amide bonds. The van der Waals surface area contributed by atoms with E-state index < -0.39 is 10.0 Å². The molecular formula is C23H31N5O4S. The summed E-state index contributed by atoms with van der Waals surface area (Å²) in [5.41, 5.74) is 0.933. The van der Waals surface area contributed by atoms with Crippen molar-refractivity contribution in [2.45, 2.75) is 37.5 Å². The summed E-state index contributed by atoms with van der Waals surface area (Å²) in [5.74, 6) is 2.74. The van der Waals surface area contributed by atoms with Gasteiger partial charge >= 0.3 is 0 Å². The summed E-state index contributed by atoms with van der Waals surface area (Å²) in [6.45, 7) is 6.99. The zero-order valence-corrected chi connectivity index (χ0v) is 19.9. The first kappa shape index (κ1) is 22.2. The van der Waals surface area contributed by atoms with Crippen molar-refractivity contribution in [2.75, 3.05) is 62.3 Å². The van der Waals surface area contributed by atoms with Crippen LogP contribution in [0.5, 0.6) is 11.5 Å². The molecule has 0 aliphatic carbocycles. The van der Waals surface area contributed by atoms with Gasteiger partial charge in [0.15, 0.2) is 11.5 Å². The minimum Gasteiger partial charge on any atom is -0.490 e. The van der Waals surface area contributed by atoms with Gasteiger partial charge in [0.2, 0.25) is 16.0 Å². The maximum absolute atomic E-state index is 13.3. The van der Waals surface area contributed by atoms with Crippen molar-refractivity contribution in [3.05, 3.63) is 30.0 Å². The van der Waals surface area contributed by atoms with Crippen molar-refractivity contribution in [2.24, 2.45) is 0 Å². The van der Waals surface area contributed by atoms with E-state index in [4.69, 9.17) is 14.5 Å². The molecule has 178 valence electrons. The molecule has 0 spiro atoms. The third-order valence-electron chi connectivity index (χ3n) is 6.39. The number of hydrogen-bond acceptors (Lipinski definition) is 8. The van der Waals surface area contributed by atoms with Crippen molar-refractivity contribution < 1.29 is 17.9 Å². The first-order valence-corrected chi connectivity index (χ1v) is 13.2. The van der Waals surface area contributed by atoms with Gasteiger partial charge in [0.05, 0.1) is 18.1 Å². The lowest BCUT2D eigenvalue weighted by Crippen LogP contribution is -2.49. The molecule has 5 rings (SSSR count). The Morgan fingerprint density at radius 3 is 2.27 bits per heavy atom. The van der Waals surface area contributed by atoms with E-state index in [-0.39, 0.29) is 4.90 Å². The van der Waals surface area contributed by atoms with Crippen molar-refractivity contribution in [1.29, 1.82) is 0 Å². The van der Waals surface area contributed by atoms with E-state index in [0.29, 0.717) is 56.8 Å². The second-order valence-electron chi connectivity index (χ2n) is 8.77. The van der Waals surface area contributed by atoms with Gasteiger partial charge in [0.1, 0.15) is 5.82 Å². The molecule has 10 heteroatoms. The van der Waals surface area contributed by atoms with Crippen molar-refractivity contribution in [3.8, 4) is 11.5 Å². The lowest BCUT2D eigenvalue weighted by Gasteiger charge is -2.35. The molecule has 0 bridgehead atoms. The second kappa shape index (κ2) is 9.34. The minimum absolute atomic E-state index is 0.236. The van der Waals surface area contributed by atoms with Crippen molar-refractivity contribution >= 4 is 21.8 Å². The second-order valence-corrected chi connectivity index (χ2v) is 10.7. The fourth-order valence-corrected chi connectivity index (χ4v) is 5.98. The number of sulfonamides is 1. The summed E-state index contributed by atoms with van der Waals surface area (Å²) in [6, 6.07) is 6.91. The van der Waals surface area contributed by atoms with Gasteiger partial charge < -0.3 is 19.3 Å². The zero-order valence-electron chi connectivity index (χ0n) is 19.1. The van der Waals surface area contributed by atoms with E-state index in [1.165, 1.54) is 23.6 Å². The van der Waals surface area contributed by atoms with Crippen LogP contribution < -0.4 is 19.3 Å². The molecular weight excluding hydrogens is 442 g/mol. The van der Waals surface area contributed by atoms with Crippen molar-refractivity contribution in [3.63, 3.8) is 0 Å². The van der Waals surface area contributed by atoms with Gasteiger partial charge in [-0.25, -0.2) is 13.4 Å². The number of hydrogen-bond donors (Lipinski definition) is 0. The highest BCUT2D eigenvalue weighted by Gasteiger charge is 2.30. The summed E-state index contributed by atoms with van der Waals surface area (Å²) in [5, 5.41) is 0. The maximum Gasteiger partial charge on any atom is 0.243 e. The zero-order chi connectivity index (χ0) is 22.8. The Balaban J connectivity index is 1.29. The van der Waals surface area contributed by atoms with Crippen LogP contribution in [0.4, 0.5) is 11.8 Å². The molecule has 0 saturated carbocycles. The number of piperazine rings is 1. The molecule has 0 N–H and O–H groups in total. The molecule has 1 aromatic carbocycles. The van der Waals surface area contributed by atoms with Crippen molar-refractivity contribution in [1.82, 2.24) is 14.3 Å². The molecule has 3 aliphatic rings. The number of piperidine rings is 1. The Kier molecular flexibility index (Phi) is 6.29. The van der Waals surface area contributed by atoms with Crippen LogP contribution in [0.15, 0.2) is 29.2 Å². The first-order chi connectivity index (χ1) is 16.0. The van der Waals surface area contributed by atoms with E-state index in [1.807, 2.05) is 13.0 Å². The number of benzene rings is 1. The van der Waals surface area contributed by atoms with E-state index >= 15 is 0 Å². The number of fused-ring (bicyclic) bond motifs is 1. The van der Waals surface area contributed by atoms with Crippen LogP contribution in [0.3, 0.4) is 0 Å². The van der Waals surface area contributed by atoms with E-state index in [0.717, 1.165) is 31.0 Å².